The summed E-state index contributed by atoms with van der Waals surface area (Å²) < 4.78 is 20.0. The Labute approximate surface area is 218 Å². The Morgan fingerprint density at radius 1 is 1.19 bits per heavy atom. The van der Waals surface area contributed by atoms with Gasteiger partial charge in [-0.2, -0.15) is 0 Å². The normalized spacial score (nSPS) is 15.8. The molecule has 1 unspecified atom stereocenters. The van der Waals surface area contributed by atoms with Crippen LogP contribution in [0.2, 0.25) is 0 Å². The van der Waals surface area contributed by atoms with Crippen molar-refractivity contribution in [3.63, 3.8) is 0 Å². The molecule has 0 saturated carbocycles. The number of nitrogens with one attached hydrogen (secondary N) is 1. The Balaban J connectivity index is 1.70. The summed E-state index contributed by atoms with van der Waals surface area (Å²) in [5.74, 6) is -0.928. The van der Waals surface area contributed by atoms with Crippen molar-refractivity contribution in [1.29, 1.82) is 0 Å². The molecule has 3 aromatic carbocycles. The molecule has 37 heavy (non-hydrogen) atoms. The van der Waals surface area contributed by atoms with Gasteiger partial charge in [-0.15, -0.1) is 0 Å². The van der Waals surface area contributed by atoms with Gasteiger partial charge in [0.2, 0.25) is 0 Å². The lowest BCUT2D eigenvalue weighted by molar-refractivity contribution is -0.137. The smallest absolute Gasteiger partial charge is 0.304 e. The second kappa shape index (κ2) is 10.4. The van der Waals surface area contributed by atoms with Crippen LogP contribution in [0.1, 0.15) is 59.6 Å². The molecule has 1 aliphatic heterocycles. The number of carbonyl (C=O) groups is 1. The molecular formula is C30H36FN3O3. The molecule has 1 atom stereocenters. The molecule has 0 radical (unpaired) electrons. The van der Waals surface area contributed by atoms with E-state index in [4.69, 9.17) is 10.5 Å². The van der Waals surface area contributed by atoms with Gasteiger partial charge in [0, 0.05) is 44.2 Å². The molecule has 6 nitrogen and oxygen atoms in total. The second-order valence-electron chi connectivity index (χ2n) is 10.6. The summed E-state index contributed by atoms with van der Waals surface area (Å²) in [6.45, 7) is 9.97. The van der Waals surface area contributed by atoms with Crippen molar-refractivity contribution in [3.05, 3.63) is 87.7 Å². The van der Waals surface area contributed by atoms with Gasteiger partial charge in [-0.3, -0.25) is 9.69 Å². The van der Waals surface area contributed by atoms with Crippen molar-refractivity contribution in [1.82, 2.24) is 4.90 Å². The fraction of sp³-hybridized carbons (Fsp3) is 0.367. The monoisotopic (exact) mass is 505 g/mol. The number of rotatable bonds is 7. The summed E-state index contributed by atoms with van der Waals surface area (Å²) in [6.07, 6.45) is -0.0365. The van der Waals surface area contributed by atoms with Crippen molar-refractivity contribution in [3.8, 4) is 5.75 Å². The first-order chi connectivity index (χ1) is 17.5. The topological polar surface area (TPSA) is 87.8 Å². The molecule has 0 aliphatic carbocycles. The minimum atomic E-state index is -0.863. The molecule has 0 fully saturated rings. The van der Waals surface area contributed by atoms with E-state index in [1.165, 1.54) is 12.1 Å². The van der Waals surface area contributed by atoms with E-state index in [1.807, 2.05) is 46.0 Å². The number of nitrogens with zero attached hydrogens (tertiary/aromatic N) is 1. The van der Waals surface area contributed by atoms with Crippen LogP contribution in [-0.4, -0.2) is 35.2 Å². The molecule has 1 heterocycles. The highest BCUT2D eigenvalue weighted by Gasteiger charge is 2.30. The number of anilines is 2. The van der Waals surface area contributed by atoms with Gasteiger partial charge in [0.1, 0.15) is 17.2 Å². The zero-order chi connectivity index (χ0) is 26.9. The van der Waals surface area contributed by atoms with E-state index in [1.54, 1.807) is 6.07 Å². The maximum atomic E-state index is 13.9. The molecule has 0 bridgehead atoms. The van der Waals surface area contributed by atoms with E-state index in [0.29, 0.717) is 31.1 Å². The minimum absolute atomic E-state index is 0.0365. The zero-order valence-corrected chi connectivity index (χ0v) is 22.2. The molecule has 1 aliphatic rings. The molecule has 196 valence electrons. The fourth-order valence-corrected chi connectivity index (χ4v) is 5.27. The maximum Gasteiger partial charge on any atom is 0.304 e. The van der Waals surface area contributed by atoms with Gasteiger partial charge in [-0.25, -0.2) is 4.39 Å². The third-order valence-electron chi connectivity index (χ3n) is 7.16. The zero-order valence-electron chi connectivity index (χ0n) is 22.2. The third-order valence-corrected chi connectivity index (χ3v) is 7.16. The lowest BCUT2D eigenvalue weighted by Crippen LogP contribution is -2.40. The van der Waals surface area contributed by atoms with Crippen molar-refractivity contribution < 1.29 is 19.0 Å². The molecule has 7 heteroatoms. The Morgan fingerprint density at radius 3 is 2.65 bits per heavy atom. The van der Waals surface area contributed by atoms with Crippen LogP contribution >= 0.6 is 0 Å². The van der Waals surface area contributed by atoms with Gasteiger partial charge in [-0.05, 0) is 67.6 Å². The molecule has 0 amide bonds. The second-order valence-corrected chi connectivity index (χ2v) is 10.6. The predicted molar refractivity (Wildman–Crippen MR) is 146 cm³/mol. The van der Waals surface area contributed by atoms with Crippen molar-refractivity contribution in [2.45, 2.75) is 58.7 Å². The third kappa shape index (κ3) is 5.88. The summed E-state index contributed by atoms with van der Waals surface area (Å²) in [6, 6.07) is 14.8. The number of carboxylic acid groups (broad SMARTS) is 1. The molecule has 0 spiro atoms. The largest absolute Gasteiger partial charge is 0.486 e. The van der Waals surface area contributed by atoms with Crippen molar-refractivity contribution >= 4 is 17.3 Å². The first-order valence-corrected chi connectivity index (χ1v) is 12.5. The minimum Gasteiger partial charge on any atom is -0.486 e. The molecule has 4 N–H and O–H groups in total. The molecule has 4 rings (SSSR count). The van der Waals surface area contributed by atoms with E-state index in [-0.39, 0.29) is 18.2 Å². The average Bonchev–Trinajstić information content (AvgIpc) is 2.94. The Kier molecular flexibility index (Phi) is 7.46. The number of nitrogen functional groups attached to an aromatic ring is 1. The van der Waals surface area contributed by atoms with E-state index in [2.05, 4.69) is 29.3 Å². The first kappa shape index (κ1) is 26.5. The van der Waals surface area contributed by atoms with E-state index < -0.39 is 11.6 Å². The SMILES string of the molecule is CNc1ccc(C(CC(=O)O)c2ccc(C)c(CN3Cc4ccc(F)cc4OC(C)(C)C3)c2)c(C)c1N. The quantitative estimate of drug-likeness (QED) is 0.349. The van der Waals surface area contributed by atoms with Gasteiger partial charge >= 0.3 is 5.97 Å². The molecular weight excluding hydrogens is 469 g/mol. The average molecular weight is 506 g/mol. The first-order valence-electron chi connectivity index (χ1n) is 12.5. The van der Waals surface area contributed by atoms with E-state index in [0.717, 1.165) is 39.1 Å². The number of halogens is 1. The number of carboxylic acids is 1. The van der Waals surface area contributed by atoms with E-state index >= 15 is 0 Å². The highest BCUT2D eigenvalue weighted by atomic mass is 19.1. The number of hydrogen-bond acceptors (Lipinski definition) is 5. The van der Waals surface area contributed by atoms with Crippen LogP contribution in [0.15, 0.2) is 48.5 Å². The maximum absolute atomic E-state index is 13.9. The standard InChI is InChI=1S/C30H36FN3O3/c1-18-6-7-20(25(14-28(35)36)24-10-11-26(33-5)29(32)19(24)2)12-22(18)16-34-15-21-8-9-23(31)13-27(21)37-30(3,4)17-34/h6-13,25,33H,14-17,32H2,1-5H3,(H,35,36). The number of aryl methyl sites for hydroxylation is 1. The highest BCUT2D eigenvalue weighted by molar-refractivity contribution is 5.74. The number of benzene rings is 3. The lowest BCUT2D eigenvalue weighted by atomic mass is 9.84. The molecule has 0 aromatic heterocycles. The van der Waals surface area contributed by atoms with Crippen LogP contribution < -0.4 is 15.8 Å². The molecule has 3 aromatic rings. The summed E-state index contributed by atoms with van der Waals surface area (Å²) in [7, 11) is 1.82. The number of aliphatic carboxylic acids is 1. The van der Waals surface area contributed by atoms with Gasteiger partial charge < -0.3 is 20.9 Å². The summed E-state index contributed by atoms with van der Waals surface area (Å²) in [4.78, 5) is 14.2. The summed E-state index contributed by atoms with van der Waals surface area (Å²) >= 11 is 0. The number of nitrogens with two attached hydrogens (primary N) is 1. The Bertz CT molecular complexity index is 1320. The predicted octanol–water partition coefficient (Wildman–Crippen LogP) is 5.85. The van der Waals surface area contributed by atoms with Crippen LogP contribution in [0.25, 0.3) is 0 Å². The fourth-order valence-electron chi connectivity index (χ4n) is 5.27. The van der Waals surface area contributed by atoms with Gasteiger partial charge in [0.05, 0.1) is 17.8 Å². The number of hydrogen-bond donors (Lipinski definition) is 3. The van der Waals surface area contributed by atoms with Crippen LogP contribution in [-0.2, 0) is 17.9 Å². The number of ether oxygens (including phenoxy) is 1. The van der Waals surface area contributed by atoms with Crippen molar-refractivity contribution in [2.75, 3.05) is 24.6 Å². The molecule has 0 saturated heterocycles. The summed E-state index contributed by atoms with van der Waals surface area (Å²) in [5, 5.41) is 12.9. The Morgan fingerprint density at radius 2 is 1.95 bits per heavy atom. The van der Waals surface area contributed by atoms with Crippen LogP contribution in [0.5, 0.6) is 5.75 Å². The van der Waals surface area contributed by atoms with Crippen molar-refractivity contribution in [2.24, 2.45) is 0 Å². The lowest BCUT2D eigenvalue weighted by Gasteiger charge is -2.30. The van der Waals surface area contributed by atoms with Gasteiger partial charge in [0.25, 0.3) is 0 Å². The number of fused-ring (bicyclic) bond motifs is 1. The van der Waals surface area contributed by atoms with Crippen LogP contribution in [0.3, 0.4) is 0 Å². The van der Waals surface area contributed by atoms with E-state index in [9.17, 15) is 14.3 Å². The van der Waals surface area contributed by atoms with Gasteiger partial charge in [-0.1, -0.05) is 30.3 Å². The highest BCUT2D eigenvalue weighted by Crippen LogP contribution is 2.37. The summed E-state index contributed by atoms with van der Waals surface area (Å²) in [5.41, 5.74) is 13.2. The van der Waals surface area contributed by atoms with Crippen LogP contribution in [0, 0.1) is 19.7 Å². The Hall–Kier alpha value is -3.58. The van der Waals surface area contributed by atoms with Crippen LogP contribution in [0.4, 0.5) is 15.8 Å². The van der Waals surface area contributed by atoms with Gasteiger partial charge in [0.15, 0.2) is 0 Å².